The average Bonchev–Trinajstić information content (AvgIpc) is 2.42. The Balaban J connectivity index is 2.04. The van der Waals surface area contributed by atoms with E-state index in [1.165, 1.54) is 11.3 Å². The van der Waals surface area contributed by atoms with Crippen molar-refractivity contribution in [2.24, 2.45) is 11.8 Å². The second-order valence-corrected chi connectivity index (χ2v) is 7.04. The third kappa shape index (κ3) is 3.98. The highest BCUT2D eigenvalue weighted by Gasteiger charge is 2.32. The van der Waals surface area contributed by atoms with Crippen molar-refractivity contribution in [1.82, 2.24) is 0 Å². The summed E-state index contributed by atoms with van der Waals surface area (Å²) in [5.74, 6) is 1.45. The molecule has 1 aliphatic heterocycles. The van der Waals surface area contributed by atoms with E-state index in [0.717, 1.165) is 24.3 Å². The van der Waals surface area contributed by atoms with E-state index in [9.17, 15) is 4.79 Å². The third-order valence-corrected chi connectivity index (χ3v) is 4.97. The highest BCUT2D eigenvalue weighted by Crippen LogP contribution is 2.23. The lowest BCUT2D eigenvalue weighted by Crippen LogP contribution is -3.18. The van der Waals surface area contributed by atoms with Gasteiger partial charge in [-0.3, -0.25) is 4.79 Å². The molecule has 1 amide bonds. The fraction of sp³-hybridized carbons (Fsp3) is 0.588. The molecule has 1 aromatic carbocycles. The summed E-state index contributed by atoms with van der Waals surface area (Å²) in [6, 6.07) is 5.58. The molecule has 21 heavy (non-hydrogen) atoms. The Bertz CT molecular complexity index is 508. The van der Waals surface area contributed by atoms with E-state index in [-0.39, 0.29) is 11.9 Å². The Labute approximate surface area is 132 Å². The number of piperidine rings is 1. The van der Waals surface area contributed by atoms with Gasteiger partial charge in [-0.1, -0.05) is 31.5 Å². The fourth-order valence-corrected chi connectivity index (χ4v) is 3.53. The number of hydrogen-bond acceptors (Lipinski definition) is 1. The normalized spacial score (nSPS) is 27.2. The van der Waals surface area contributed by atoms with Crippen LogP contribution >= 0.6 is 11.6 Å². The van der Waals surface area contributed by atoms with Crippen LogP contribution < -0.4 is 10.2 Å². The van der Waals surface area contributed by atoms with Crippen LogP contribution in [-0.2, 0) is 4.79 Å². The van der Waals surface area contributed by atoms with E-state index < -0.39 is 0 Å². The summed E-state index contributed by atoms with van der Waals surface area (Å²) >= 11 is 6.11. The summed E-state index contributed by atoms with van der Waals surface area (Å²) in [4.78, 5) is 13.9. The van der Waals surface area contributed by atoms with Gasteiger partial charge >= 0.3 is 0 Å². The number of nitrogens with one attached hydrogen (secondary N) is 2. The molecule has 0 bridgehead atoms. The first-order chi connectivity index (χ1) is 9.88. The summed E-state index contributed by atoms with van der Waals surface area (Å²) < 4.78 is 0. The number of rotatable bonds is 3. The molecule has 0 radical (unpaired) electrons. The molecule has 1 aliphatic rings. The van der Waals surface area contributed by atoms with Gasteiger partial charge in [0.15, 0.2) is 6.04 Å². The number of likely N-dealkylation sites (tertiary alicyclic amines) is 1. The van der Waals surface area contributed by atoms with Crippen molar-refractivity contribution in [1.29, 1.82) is 0 Å². The maximum atomic E-state index is 12.5. The zero-order valence-corrected chi connectivity index (χ0v) is 14.1. The van der Waals surface area contributed by atoms with Crippen LogP contribution in [0.5, 0.6) is 0 Å². The molecule has 116 valence electrons. The largest absolute Gasteiger partial charge is 0.324 e. The second-order valence-electron chi connectivity index (χ2n) is 6.64. The maximum absolute atomic E-state index is 12.5. The zero-order chi connectivity index (χ0) is 15.6. The molecule has 3 nitrogen and oxygen atoms in total. The fourth-order valence-electron chi connectivity index (χ4n) is 3.35. The molecule has 1 aromatic rings. The van der Waals surface area contributed by atoms with Crippen LogP contribution in [0.15, 0.2) is 18.2 Å². The van der Waals surface area contributed by atoms with Gasteiger partial charge in [0.1, 0.15) is 0 Å². The molecule has 0 aromatic heterocycles. The molecular formula is C17H26ClN2O+. The molecule has 2 rings (SSSR count). The lowest BCUT2D eigenvalue weighted by atomic mass is 9.91. The minimum Gasteiger partial charge on any atom is -0.324 e. The van der Waals surface area contributed by atoms with E-state index in [1.54, 1.807) is 0 Å². The number of halogens is 1. The van der Waals surface area contributed by atoms with Crippen molar-refractivity contribution >= 4 is 23.2 Å². The second kappa shape index (κ2) is 6.80. The van der Waals surface area contributed by atoms with Gasteiger partial charge in [-0.05, 0) is 38.0 Å². The van der Waals surface area contributed by atoms with Crippen LogP contribution in [0.25, 0.3) is 0 Å². The van der Waals surface area contributed by atoms with Gasteiger partial charge < -0.3 is 10.2 Å². The molecule has 1 saturated heterocycles. The molecule has 0 spiro atoms. The number of hydrogen-bond donors (Lipinski definition) is 2. The lowest BCUT2D eigenvalue weighted by Gasteiger charge is -2.35. The average molecular weight is 310 g/mol. The minimum absolute atomic E-state index is 0.0337. The molecule has 0 saturated carbocycles. The molecule has 0 unspecified atom stereocenters. The number of amides is 1. The van der Waals surface area contributed by atoms with Gasteiger partial charge in [0.25, 0.3) is 5.91 Å². The van der Waals surface area contributed by atoms with Crippen molar-refractivity contribution in [2.75, 3.05) is 18.4 Å². The quantitative estimate of drug-likeness (QED) is 0.884. The SMILES string of the molecule is Cc1c(Cl)cccc1NC(=O)[C@H](C)[NH+]1C[C@@H](C)C[C@H](C)C1. The Morgan fingerprint density at radius 1 is 1.33 bits per heavy atom. The molecule has 1 heterocycles. The van der Waals surface area contributed by atoms with E-state index in [1.807, 2.05) is 32.0 Å². The van der Waals surface area contributed by atoms with Gasteiger partial charge in [-0.2, -0.15) is 0 Å². The van der Waals surface area contributed by atoms with Crippen molar-refractivity contribution < 1.29 is 9.69 Å². The van der Waals surface area contributed by atoms with Crippen LogP contribution in [0.1, 0.15) is 32.8 Å². The maximum Gasteiger partial charge on any atom is 0.282 e. The molecule has 4 heteroatoms. The number of benzene rings is 1. The molecule has 3 atom stereocenters. The van der Waals surface area contributed by atoms with E-state index in [2.05, 4.69) is 19.2 Å². The minimum atomic E-state index is -0.0337. The predicted octanol–water partition coefficient (Wildman–Crippen LogP) is 2.54. The Morgan fingerprint density at radius 3 is 2.57 bits per heavy atom. The standard InChI is InChI=1S/C17H25ClN2O/c1-11-8-12(2)10-20(9-11)14(4)17(21)19-16-7-5-6-15(18)13(16)3/h5-7,11-12,14H,8-10H2,1-4H3,(H,19,21)/p+1/t11-,12-,14-/m0/s1. The first-order valence-corrected chi connectivity index (χ1v) is 8.16. The first-order valence-electron chi connectivity index (χ1n) is 7.79. The predicted molar refractivity (Wildman–Crippen MR) is 87.9 cm³/mol. The number of carbonyl (C=O) groups excluding carboxylic acids is 1. The van der Waals surface area contributed by atoms with Gasteiger partial charge in [-0.25, -0.2) is 0 Å². The topological polar surface area (TPSA) is 33.5 Å². The van der Waals surface area contributed by atoms with Crippen molar-refractivity contribution in [2.45, 2.75) is 40.2 Å². The van der Waals surface area contributed by atoms with E-state index in [0.29, 0.717) is 16.9 Å². The first kappa shape index (κ1) is 16.3. The summed E-state index contributed by atoms with van der Waals surface area (Å²) in [5.41, 5.74) is 1.74. The highest BCUT2D eigenvalue weighted by atomic mass is 35.5. The van der Waals surface area contributed by atoms with Crippen LogP contribution in [0.3, 0.4) is 0 Å². The van der Waals surface area contributed by atoms with E-state index >= 15 is 0 Å². The van der Waals surface area contributed by atoms with Gasteiger partial charge in [-0.15, -0.1) is 0 Å². The van der Waals surface area contributed by atoms with Crippen LogP contribution in [0.4, 0.5) is 5.69 Å². The van der Waals surface area contributed by atoms with Crippen molar-refractivity contribution in [3.8, 4) is 0 Å². The third-order valence-electron chi connectivity index (χ3n) is 4.56. The summed E-state index contributed by atoms with van der Waals surface area (Å²) in [7, 11) is 0. The number of carbonyl (C=O) groups is 1. The lowest BCUT2D eigenvalue weighted by molar-refractivity contribution is -0.925. The summed E-state index contributed by atoms with van der Waals surface area (Å²) in [6.07, 6.45) is 1.27. The van der Waals surface area contributed by atoms with Gasteiger partial charge in [0.2, 0.25) is 0 Å². The van der Waals surface area contributed by atoms with Crippen LogP contribution in [0, 0.1) is 18.8 Å². The number of quaternary nitrogens is 1. The Kier molecular flexibility index (Phi) is 5.28. The smallest absolute Gasteiger partial charge is 0.282 e. The Morgan fingerprint density at radius 2 is 1.95 bits per heavy atom. The molecule has 2 N–H and O–H groups in total. The summed E-state index contributed by atoms with van der Waals surface area (Å²) in [5, 5.41) is 3.72. The monoisotopic (exact) mass is 309 g/mol. The van der Waals surface area contributed by atoms with Crippen molar-refractivity contribution in [3.05, 3.63) is 28.8 Å². The molecular weight excluding hydrogens is 284 g/mol. The van der Waals surface area contributed by atoms with Crippen LogP contribution in [-0.4, -0.2) is 25.0 Å². The van der Waals surface area contributed by atoms with Crippen molar-refractivity contribution in [3.63, 3.8) is 0 Å². The van der Waals surface area contributed by atoms with Gasteiger partial charge in [0.05, 0.1) is 13.1 Å². The van der Waals surface area contributed by atoms with E-state index in [4.69, 9.17) is 11.6 Å². The van der Waals surface area contributed by atoms with Crippen LogP contribution in [0.2, 0.25) is 5.02 Å². The number of anilines is 1. The highest BCUT2D eigenvalue weighted by molar-refractivity contribution is 6.31. The Hall–Kier alpha value is -1.06. The zero-order valence-electron chi connectivity index (χ0n) is 13.4. The summed E-state index contributed by atoms with van der Waals surface area (Å²) in [6.45, 7) is 10.7. The van der Waals surface area contributed by atoms with Gasteiger partial charge in [0, 0.05) is 22.5 Å². The molecule has 0 aliphatic carbocycles. The molecule has 1 fully saturated rings.